The van der Waals surface area contributed by atoms with Crippen LogP contribution in [-0.2, 0) is 13.2 Å². The van der Waals surface area contributed by atoms with Gasteiger partial charge in [0.25, 0.3) is 5.91 Å². The number of aryl methyl sites for hydroxylation is 1. The number of hydrogen-bond acceptors (Lipinski definition) is 4. The first-order valence-electron chi connectivity index (χ1n) is 10.8. The Balaban J connectivity index is 1.45. The standard InChI is InChI=1S/C24H21F3N6O/c1-32-14-16(12-29-32)19-7-3-8-20(30-19)23(34)33-10-4-9-21(33)22-18(13-28-31-22)15-5-2-6-17(11-15)24(25,26)27/h2-3,5-8,11-14,21H,4,9-10H2,1H3,(H,28,31). The van der Waals surface area contributed by atoms with Gasteiger partial charge >= 0.3 is 6.18 Å². The number of rotatable bonds is 4. The fourth-order valence-electron chi connectivity index (χ4n) is 4.37. The smallest absolute Gasteiger partial charge is 0.329 e. The molecule has 1 aliphatic heterocycles. The summed E-state index contributed by atoms with van der Waals surface area (Å²) >= 11 is 0. The minimum absolute atomic E-state index is 0.238. The lowest BCUT2D eigenvalue weighted by molar-refractivity contribution is -0.137. The maximum atomic E-state index is 13.4. The fraction of sp³-hybridized carbons (Fsp3) is 0.250. The predicted molar refractivity (Wildman–Crippen MR) is 118 cm³/mol. The Hall–Kier alpha value is -3.95. The van der Waals surface area contributed by atoms with Crippen molar-refractivity contribution >= 4 is 5.91 Å². The molecule has 0 radical (unpaired) electrons. The molecule has 10 heteroatoms. The maximum absolute atomic E-state index is 13.4. The van der Waals surface area contributed by atoms with Crippen molar-refractivity contribution in [2.75, 3.05) is 6.54 Å². The highest BCUT2D eigenvalue weighted by Crippen LogP contribution is 2.39. The Morgan fingerprint density at radius 2 is 1.94 bits per heavy atom. The summed E-state index contributed by atoms with van der Waals surface area (Å²) in [4.78, 5) is 19.7. The molecule has 1 aromatic carbocycles. The molecule has 0 spiro atoms. The first-order chi connectivity index (χ1) is 16.3. The normalized spacial score (nSPS) is 16.2. The number of aromatic amines is 1. The summed E-state index contributed by atoms with van der Waals surface area (Å²) in [6, 6.07) is 10.0. The van der Waals surface area contributed by atoms with Crippen molar-refractivity contribution in [2.24, 2.45) is 7.05 Å². The van der Waals surface area contributed by atoms with Crippen LogP contribution in [0, 0.1) is 0 Å². The van der Waals surface area contributed by atoms with Crippen LogP contribution in [0.25, 0.3) is 22.4 Å². The van der Waals surface area contributed by atoms with Crippen LogP contribution >= 0.6 is 0 Å². The summed E-state index contributed by atoms with van der Waals surface area (Å²) in [6.45, 7) is 0.517. The molecule has 0 bridgehead atoms. The Labute approximate surface area is 193 Å². The molecule has 1 fully saturated rings. The second kappa shape index (κ2) is 8.44. The van der Waals surface area contributed by atoms with Crippen molar-refractivity contribution in [1.82, 2.24) is 29.9 Å². The van der Waals surface area contributed by atoms with Crippen LogP contribution in [0.1, 0.15) is 40.6 Å². The first-order valence-corrected chi connectivity index (χ1v) is 10.8. The van der Waals surface area contributed by atoms with E-state index in [9.17, 15) is 18.0 Å². The maximum Gasteiger partial charge on any atom is 0.416 e. The van der Waals surface area contributed by atoms with Gasteiger partial charge in [0.05, 0.1) is 35.4 Å². The van der Waals surface area contributed by atoms with Crippen molar-refractivity contribution in [2.45, 2.75) is 25.1 Å². The number of alkyl halides is 3. The summed E-state index contributed by atoms with van der Waals surface area (Å²) in [5.74, 6) is -0.238. The molecule has 4 heterocycles. The average molecular weight is 466 g/mol. The Bertz CT molecular complexity index is 1340. The molecule has 1 amide bonds. The molecular weight excluding hydrogens is 445 g/mol. The summed E-state index contributed by atoms with van der Waals surface area (Å²) in [5, 5.41) is 11.2. The van der Waals surface area contributed by atoms with Crippen molar-refractivity contribution in [3.05, 3.63) is 78.0 Å². The highest BCUT2D eigenvalue weighted by atomic mass is 19.4. The summed E-state index contributed by atoms with van der Waals surface area (Å²) in [7, 11) is 1.81. The number of benzene rings is 1. The number of carbonyl (C=O) groups excluding carboxylic acids is 1. The van der Waals surface area contributed by atoms with Crippen LogP contribution in [0.15, 0.2) is 61.1 Å². The van der Waals surface area contributed by atoms with E-state index in [1.807, 2.05) is 12.3 Å². The zero-order chi connectivity index (χ0) is 23.9. The topological polar surface area (TPSA) is 79.7 Å². The van der Waals surface area contributed by atoms with E-state index in [1.54, 1.807) is 41.0 Å². The van der Waals surface area contributed by atoms with Gasteiger partial charge in [0.2, 0.25) is 0 Å². The van der Waals surface area contributed by atoms with Gasteiger partial charge in [-0.3, -0.25) is 14.6 Å². The second-order valence-electron chi connectivity index (χ2n) is 8.24. The van der Waals surface area contributed by atoms with Gasteiger partial charge in [-0.2, -0.15) is 23.4 Å². The number of hydrogen-bond donors (Lipinski definition) is 1. The molecule has 1 saturated heterocycles. The van der Waals surface area contributed by atoms with Gasteiger partial charge < -0.3 is 4.90 Å². The van der Waals surface area contributed by atoms with Gasteiger partial charge in [-0.05, 0) is 42.7 Å². The number of carbonyl (C=O) groups is 1. The van der Waals surface area contributed by atoms with Gasteiger partial charge in [0.1, 0.15) is 5.69 Å². The fourth-order valence-corrected chi connectivity index (χ4v) is 4.37. The number of halogens is 3. The van der Waals surface area contributed by atoms with Crippen LogP contribution in [0.2, 0.25) is 0 Å². The van der Waals surface area contributed by atoms with Crippen molar-refractivity contribution < 1.29 is 18.0 Å². The number of aromatic nitrogens is 5. The van der Waals surface area contributed by atoms with Crippen molar-refractivity contribution in [1.29, 1.82) is 0 Å². The van der Waals surface area contributed by atoms with Crippen LogP contribution in [0.5, 0.6) is 0 Å². The van der Waals surface area contributed by atoms with Crippen molar-refractivity contribution in [3.8, 4) is 22.4 Å². The van der Waals surface area contributed by atoms with E-state index in [-0.39, 0.29) is 11.9 Å². The predicted octanol–water partition coefficient (Wildman–Crippen LogP) is 4.87. The number of H-pyrrole nitrogens is 1. The molecule has 1 atom stereocenters. The highest BCUT2D eigenvalue weighted by molar-refractivity contribution is 5.93. The van der Waals surface area contributed by atoms with Crippen LogP contribution in [0.3, 0.4) is 0 Å². The van der Waals surface area contributed by atoms with Gasteiger partial charge in [-0.25, -0.2) is 4.98 Å². The summed E-state index contributed by atoms with van der Waals surface area (Å²) in [5.41, 5.74) is 2.58. The molecule has 7 nitrogen and oxygen atoms in total. The zero-order valence-corrected chi connectivity index (χ0v) is 18.3. The first kappa shape index (κ1) is 21.9. The van der Waals surface area contributed by atoms with Gasteiger partial charge in [-0.1, -0.05) is 18.2 Å². The van der Waals surface area contributed by atoms with E-state index in [4.69, 9.17) is 0 Å². The second-order valence-corrected chi connectivity index (χ2v) is 8.24. The number of nitrogens with zero attached hydrogens (tertiary/aromatic N) is 5. The van der Waals surface area contributed by atoms with E-state index in [1.165, 1.54) is 12.3 Å². The highest BCUT2D eigenvalue weighted by Gasteiger charge is 2.35. The molecule has 3 aromatic heterocycles. The van der Waals surface area contributed by atoms with Gasteiger partial charge in [-0.15, -0.1) is 0 Å². The van der Waals surface area contributed by atoms with Crippen LogP contribution in [-0.4, -0.2) is 42.3 Å². The van der Waals surface area contributed by atoms with E-state index in [0.29, 0.717) is 41.2 Å². The molecule has 34 heavy (non-hydrogen) atoms. The lowest BCUT2D eigenvalue weighted by atomic mass is 9.99. The molecule has 5 rings (SSSR count). The number of amides is 1. The third kappa shape index (κ3) is 4.07. The lowest BCUT2D eigenvalue weighted by Crippen LogP contribution is -2.31. The molecule has 0 saturated carbocycles. The van der Waals surface area contributed by atoms with Gasteiger partial charge in [0.15, 0.2) is 0 Å². The van der Waals surface area contributed by atoms with Crippen LogP contribution < -0.4 is 0 Å². The van der Waals surface area contributed by atoms with E-state index in [2.05, 4.69) is 20.3 Å². The number of nitrogens with one attached hydrogen (secondary N) is 1. The molecule has 1 unspecified atom stereocenters. The minimum atomic E-state index is -4.44. The van der Waals surface area contributed by atoms with Gasteiger partial charge in [0, 0.05) is 30.9 Å². The van der Waals surface area contributed by atoms with Crippen molar-refractivity contribution in [3.63, 3.8) is 0 Å². The SMILES string of the molecule is Cn1cc(-c2cccc(C(=O)N3CCCC3c3[nH]ncc3-c3cccc(C(F)(F)F)c3)n2)cn1. The lowest BCUT2D eigenvalue weighted by Gasteiger charge is -2.24. The summed E-state index contributed by atoms with van der Waals surface area (Å²) in [6.07, 6.45) is 2.00. The molecule has 1 N–H and O–H groups in total. The Morgan fingerprint density at radius 1 is 1.12 bits per heavy atom. The molecule has 4 aromatic rings. The quantitative estimate of drug-likeness (QED) is 0.466. The summed E-state index contributed by atoms with van der Waals surface area (Å²) < 4.78 is 41.4. The molecule has 0 aliphatic carbocycles. The third-order valence-electron chi connectivity index (χ3n) is 5.99. The van der Waals surface area contributed by atoms with E-state index >= 15 is 0 Å². The Morgan fingerprint density at radius 3 is 2.71 bits per heavy atom. The van der Waals surface area contributed by atoms with E-state index < -0.39 is 11.7 Å². The molecular formula is C24H21F3N6O. The third-order valence-corrected chi connectivity index (χ3v) is 5.99. The Kier molecular flexibility index (Phi) is 5.43. The minimum Gasteiger partial charge on any atom is -0.329 e. The largest absolute Gasteiger partial charge is 0.416 e. The molecule has 1 aliphatic rings. The number of pyridine rings is 1. The molecule has 174 valence electrons. The van der Waals surface area contributed by atoms with E-state index in [0.717, 1.165) is 24.1 Å². The average Bonchev–Trinajstić information content (AvgIpc) is 3.58. The number of likely N-dealkylation sites (tertiary alicyclic amines) is 1. The zero-order valence-electron chi connectivity index (χ0n) is 18.3. The monoisotopic (exact) mass is 466 g/mol. The van der Waals surface area contributed by atoms with Crippen LogP contribution in [0.4, 0.5) is 13.2 Å².